The van der Waals surface area contributed by atoms with Crippen molar-refractivity contribution in [3.63, 3.8) is 0 Å². The molecule has 0 amide bonds. The molecule has 29 heavy (non-hydrogen) atoms. The van der Waals surface area contributed by atoms with Gasteiger partial charge in [-0.25, -0.2) is 0 Å². The number of ether oxygens (including phenoxy) is 2. The Morgan fingerprint density at radius 2 is 1.62 bits per heavy atom. The van der Waals surface area contributed by atoms with Gasteiger partial charge in [-0.3, -0.25) is 4.90 Å². The first kappa shape index (κ1) is 19.9. The van der Waals surface area contributed by atoms with Crippen LogP contribution in [0.3, 0.4) is 0 Å². The van der Waals surface area contributed by atoms with E-state index in [1.807, 2.05) is 30.3 Å². The summed E-state index contributed by atoms with van der Waals surface area (Å²) in [5.74, 6) is 1.62. The van der Waals surface area contributed by atoms with Gasteiger partial charge in [0.25, 0.3) is 0 Å². The number of nitrogens with zero attached hydrogens (tertiary/aromatic N) is 4. The first-order valence-corrected chi connectivity index (χ1v) is 10.6. The molecule has 0 N–H and O–H groups in total. The van der Waals surface area contributed by atoms with E-state index in [9.17, 15) is 0 Å². The van der Waals surface area contributed by atoms with Gasteiger partial charge in [0.15, 0.2) is 0 Å². The highest BCUT2D eigenvalue weighted by Gasteiger charge is 2.21. The third-order valence-corrected chi connectivity index (χ3v) is 6.18. The maximum atomic E-state index is 6.01. The van der Waals surface area contributed by atoms with E-state index in [2.05, 4.69) is 31.5 Å². The monoisotopic (exact) mass is 430 g/mol. The first-order chi connectivity index (χ1) is 14.2. The summed E-state index contributed by atoms with van der Waals surface area (Å²) < 4.78 is 15.0. The number of hydrogen-bond donors (Lipinski definition) is 0. The second-order valence-electron chi connectivity index (χ2n) is 6.89. The van der Waals surface area contributed by atoms with Gasteiger partial charge in [-0.2, -0.15) is 0 Å². The molecular formula is C21H23ClN4O2S. The molecule has 3 aromatic rings. The molecule has 0 atom stereocenters. The lowest BCUT2D eigenvalue weighted by molar-refractivity contribution is 0.247. The fourth-order valence-electron chi connectivity index (χ4n) is 3.48. The second-order valence-corrected chi connectivity index (χ2v) is 8.08. The predicted molar refractivity (Wildman–Crippen MR) is 117 cm³/mol. The van der Waals surface area contributed by atoms with Crippen LogP contribution in [-0.4, -0.2) is 54.9 Å². The number of piperazine rings is 1. The zero-order valence-electron chi connectivity index (χ0n) is 16.5. The van der Waals surface area contributed by atoms with Crippen molar-refractivity contribution in [2.24, 2.45) is 0 Å². The third-order valence-electron chi connectivity index (χ3n) is 5.11. The van der Waals surface area contributed by atoms with E-state index in [1.165, 1.54) is 11.5 Å². The summed E-state index contributed by atoms with van der Waals surface area (Å²) in [6, 6.07) is 13.9. The average Bonchev–Trinajstić information content (AvgIpc) is 3.22. The van der Waals surface area contributed by atoms with E-state index in [4.69, 9.17) is 21.1 Å². The van der Waals surface area contributed by atoms with Crippen molar-refractivity contribution in [2.75, 3.05) is 45.3 Å². The maximum absolute atomic E-state index is 6.01. The van der Waals surface area contributed by atoms with E-state index in [0.29, 0.717) is 0 Å². The molecular weight excluding hydrogens is 408 g/mol. The molecule has 1 aliphatic heterocycles. The summed E-state index contributed by atoms with van der Waals surface area (Å²) in [4.78, 5) is 5.90. The Morgan fingerprint density at radius 3 is 2.24 bits per heavy atom. The van der Waals surface area contributed by atoms with E-state index in [0.717, 1.165) is 71.1 Å². The maximum Gasteiger partial charge on any atom is 0.124 e. The smallest absolute Gasteiger partial charge is 0.124 e. The fourth-order valence-corrected chi connectivity index (χ4v) is 4.28. The van der Waals surface area contributed by atoms with E-state index >= 15 is 0 Å². The van der Waals surface area contributed by atoms with Crippen molar-refractivity contribution in [3.05, 3.63) is 53.2 Å². The van der Waals surface area contributed by atoms with Gasteiger partial charge in [-0.05, 0) is 29.2 Å². The minimum atomic E-state index is 0.734. The summed E-state index contributed by atoms with van der Waals surface area (Å²) in [6.45, 7) is 4.58. The minimum absolute atomic E-state index is 0.734. The highest BCUT2D eigenvalue weighted by Crippen LogP contribution is 2.30. The molecule has 0 unspecified atom stereocenters. The zero-order valence-corrected chi connectivity index (χ0v) is 18.0. The highest BCUT2D eigenvalue weighted by molar-refractivity contribution is 7.09. The average molecular weight is 431 g/mol. The van der Waals surface area contributed by atoms with E-state index in [1.54, 1.807) is 14.2 Å². The third kappa shape index (κ3) is 4.63. The van der Waals surface area contributed by atoms with Crippen LogP contribution in [0.4, 0.5) is 5.69 Å². The van der Waals surface area contributed by atoms with Crippen LogP contribution in [-0.2, 0) is 6.54 Å². The Balaban J connectivity index is 1.41. The summed E-state index contributed by atoms with van der Waals surface area (Å²) in [5, 5.41) is 5.11. The SMILES string of the molecule is COc1cc(OC)cc(N2CCN(Cc3nnsc3-c3ccc(Cl)cc3)CC2)c1. The summed E-state index contributed by atoms with van der Waals surface area (Å²) in [7, 11) is 3.35. The molecule has 0 spiro atoms. The first-order valence-electron chi connectivity index (χ1n) is 9.44. The Labute approximate surface area is 179 Å². The van der Waals surface area contributed by atoms with E-state index < -0.39 is 0 Å². The molecule has 2 heterocycles. The Kier molecular flexibility index (Phi) is 6.18. The van der Waals surface area contributed by atoms with Crippen LogP contribution in [0, 0.1) is 0 Å². The standard InChI is InChI=1S/C21H23ClN4O2S/c1-27-18-11-17(12-19(13-18)28-2)26-9-7-25(8-10-26)14-20-21(29-24-23-20)15-3-5-16(22)6-4-15/h3-6,11-13H,7-10,14H2,1-2H3. The number of hydrogen-bond acceptors (Lipinski definition) is 7. The lowest BCUT2D eigenvalue weighted by Crippen LogP contribution is -2.46. The largest absolute Gasteiger partial charge is 0.497 e. The molecule has 1 aromatic heterocycles. The zero-order chi connectivity index (χ0) is 20.2. The van der Waals surface area contributed by atoms with Crippen LogP contribution in [0.5, 0.6) is 11.5 Å². The molecule has 4 rings (SSSR count). The normalized spacial score (nSPS) is 14.8. The van der Waals surface area contributed by atoms with Gasteiger partial charge in [0.1, 0.15) is 11.5 Å². The molecule has 0 saturated carbocycles. The lowest BCUT2D eigenvalue weighted by Gasteiger charge is -2.36. The van der Waals surface area contributed by atoms with Crippen LogP contribution in [0.15, 0.2) is 42.5 Å². The summed E-state index contributed by atoms with van der Waals surface area (Å²) >= 11 is 7.45. The number of rotatable bonds is 6. The Hall–Kier alpha value is -2.35. The fraction of sp³-hybridized carbons (Fsp3) is 0.333. The Bertz CT molecular complexity index is 933. The van der Waals surface area contributed by atoms with Crippen LogP contribution < -0.4 is 14.4 Å². The van der Waals surface area contributed by atoms with Crippen molar-refractivity contribution in [1.82, 2.24) is 14.5 Å². The molecule has 6 nitrogen and oxygen atoms in total. The van der Waals surface area contributed by atoms with Crippen molar-refractivity contribution < 1.29 is 9.47 Å². The molecule has 1 aliphatic rings. The van der Waals surface area contributed by atoms with Gasteiger partial charge >= 0.3 is 0 Å². The highest BCUT2D eigenvalue weighted by atomic mass is 35.5. The van der Waals surface area contributed by atoms with Gasteiger partial charge in [0.05, 0.1) is 24.8 Å². The number of aromatic nitrogens is 2. The minimum Gasteiger partial charge on any atom is -0.497 e. The number of benzene rings is 2. The topological polar surface area (TPSA) is 50.7 Å². The van der Waals surface area contributed by atoms with Gasteiger partial charge in [0, 0.05) is 61.6 Å². The van der Waals surface area contributed by atoms with Crippen molar-refractivity contribution in [2.45, 2.75) is 6.54 Å². The number of methoxy groups -OCH3 is 2. The Morgan fingerprint density at radius 1 is 0.966 bits per heavy atom. The van der Waals surface area contributed by atoms with Crippen LogP contribution in [0.2, 0.25) is 5.02 Å². The van der Waals surface area contributed by atoms with Crippen LogP contribution in [0.25, 0.3) is 10.4 Å². The molecule has 1 saturated heterocycles. The molecule has 1 fully saturated rings. The van der Waals surface area contributed by atoms with Crippen molar-refractivity contribution in [3.8, 4) is 21.9 Å². The second kappa shape index (κ2) is 8.98. The number of halogens is 1. The lowest BCUT2D eigenvalue weighted by atomic mass is 10.1. The molecule has 8 heteroatoms. The summed E-state index contributed by atoms with van der Waals surface area (Å²) in [6.07, 6.45) is 0. The van der Waals surface area contributed by atoms with Crippen LogP contribution >= 0.6 is 23.1 Å². The van der Waals surface area contributed by atoms with Gasteiger partial charge < -0.3 is 14.4 Å². The molecule has 0 bridgehead atoms. The molecule has 0 radical (unpaired) electrons. The predicted octanol–water partition coefficient (Wildman–Crippen LogP) is 4.20. The summed E-state index contributed by atoms with van der Waals surface area (Å²) in [5.41, 5.74) is 3.26. The quantitative estimate of drug-likeness (QED) is 0.584. The molecule has 0 aliphatic carbocycles. The molecule has 2 aromatic carbocycles. The molecule has 152 valence electrons. The van der Waals surface area contributed by atoms with Crippen molar-refractivity contribution in [1.29, 1.82) is 0 Å². The number of anilines is 1. The van der Waals surface area contributed by atoms with Crippen LogP contribution in [0.1, 0.15) is 5.69 Å². The van der Waals surface area contributed by atoms with Gasteiger partial charge in [-0.15, -0.1) is 5.10 Å². The van der Waals surface area contributed by atoms with E-state index in [-0.39, 0.29) is 0 Å². The van der Waals surface area contributed by atoms with Gasteiger partial charge in [0.2, 0.25) is 0 Å². The van der Waals surface area contributed by atoms with Gasteiger partial charge in [-0.1, -0.05) is 28.2 Å². The van der Waals surface area contributed by atoms with Crippen molar-refractivity contribution >= 4 is 28.8 Å².